The van der Waals surface area contributed by atoms with Gasteiger partial charge < -0.3 is 9.64 Å². The van der Waals surface area contributed by atoms with Crippen LogP contribution in [0.25, 0.3) is 0 Å². The molecular formula is C19H22Cl2N2OS. The van der Waals surface area contributed by atoms with Gasteiger partial charge in [-0.15, -0.1) is 23.2 Å². The molecule has 0 spiro atoms. The molecule has 0 aliphatic carbocycles. The van der Waals surface area contributed by atoms with Crippen molar-refractivity contribution >= 4 is 46.3 Å². The molecule has 0 amide bonds. The Hall–Kier alpha value is -1.07. The molecule has 25 heavy (non-hydrogen) atoms. The number of ether oxygens (including phenoxy) is 1. The minimum atomic E-state index is 0.622. The Morgan fingerprint density at radius 2 is 1.68 bits per heavy atom. The molecule has 0 atom stereocenters. The molecule has 3 rings (SSSR count). The van der Waals surface area contributed by atoms with Crippen molar-refractivity contribution in [3.8, 4) is 5.75 Å². The lowest BCUT2D eigenvalue weighted by atomic mass is 10.2. The predicted molar refractivity (Wildman–Crippen MR) is 108 cm³/mol. The van der Waals surface area contributed by atoms with E-state index in [1.807, 2.05) is 6.07 Å². The van der Waals surface area contributed by atoms with Gasteiger partial charge in [-0.05, 0) is 30.3 Å². The van der Waals surface area contributed by atoms with Crippen LogP contribution in [0.15, 0.2) is 52.3 Å². The first-order valence-electron chi connectivity index (χ1n) is 8.33. The second-order valence-electron chi connectivity index (χ2n) is 5.77. The Bertz CT molecular complexity index is 708. The summed E-state index contributed by atoms with van der Waals surface area (Å²) in [6, 6.07) is 14.8. The highest BCUT2D eigenvalue weighted by Gasteiger charge is 2.23. The third-order valence-electron chi connectivity index (χ3n) is 4.28. The maximum Gasteiger partial charge on any atom is 0.120 e. The van der Waals surface area contributed by atoms with Crippen molar-refractivity contribution in [3.05, 3.63) is 42.5 Å². The number of halogens is 2. The Labute approximate surface area is 163 Å². The van der Waals surface area contributed by atoms with Crippen LogP contribution in [-0.4, -0.2) is 49.9 Å². The van der Waals surface area contributed by atoms with Crippen LogP contribution in [0.4, 0.5) is 11.4 Å². The van der Waals surface area contributed by atoms with Gasteiger partial charge >= 0.3 is 0 Å². The van der Waals surface area contributed by atoms with Crippen molar-refractivity contribution < 1.29 is 4.74 Å². The van der Waals surface area contributed by atoms with Gasteiger partial charge in [0, 0.05) is 47.7 Å². The highest BCUT2D eigenvalue weighted by molar-refractivity contribution is 7.99. The number of rotatable bonds is 8. The first kappa shape index (κ1) is 18.7. The average Bonchev–Trinajstić information content (AvgIpc) is 2.64. The van der Waals surface area contributed by atoms with Gasteiger partial charge in [-0.25, -0.2) is 0 Å². The summed E-state index contributed by atoms with van der Waals surface area (Å²) in [4.78, 5) is 7.19. The zero-order chi connectivity index (χ0) is 17.6. The molecule has 0 fully saturated rings. The number of alkyl halides is 2. The molecule has 1 aliphatic rings. The molecule has 0 unspecified atom stereocenters. The van der Waals surface area contributed by atoms with Crippen LogP contribution >= 0.6 is 35.0 Å². The molecule has 6 heteroatoms. The summed E-state index contributed by atoms with van der Waals surface area (Å²) in [6.07, 6.45) is 0. The standard InChI is InChI=1S/C19H22Cl2N2OS/c1-24-15-6-7-17-19(14-15)25-18-5-3-2-4-16(18)23(17)13-12-22(10-8-20)11-9-21/h2-7,14H,8-13H2,1H3. The Morgan fingerprint density at radius 1 is 0.960 bits per heavy atom. The molecule has 0 saturated carbocycles. The second kappa shape index (κ2) is 9.04. The Balaban J connectivity index is 1.87. The van der Waals surface area contributed by atoms with Gasteiger partial charge in [0.25, 0.3) is 0 Å². The van der Waals surface area contributed by atoms with E-state index in [-0.39, 0.29) is 0 Å². The summed E-state index contributed by atoms with van der Waals surface area (Å²) in [7, 11) is 1.71. The van der Waals surface area contributed by atoms with Gasteiger partial charge in [0.15, 0.2) is 0 Å². The molecule has 2 aromatic carbocycles. The lowest BCUT2D eigenvalue weighted by molar-refractivity contribution is 0.315. The predicted octanol–water partition coefficient (Wildman–Crippen LogP) is 5.08. The van der Waals surface area contributed by atoms with Crippen molar-refractivity contribution in [2.45, 2.75) is 9.79 Å². The van der Waals surface area contributed by atoms with E-state index in [2.05, 4.69) is 46.2 Å². The van der Waals surface area contributed by atoms with Gasteiger partial charge in [0.2, 0.25) is 0 Å². The summed E-state index contributed by atoms with van der Waals surface area (Å²) < 4.78 is 5.40. The smallest absolute Gasteiger partial charge is 0.120 e. The number of hydrogen-bond acceptors (Lipinski definition) is 4. The van der Waals surface area contributed by atoms with Crippen LogP contribution < -0.4 is 9.64 Å². The molecule has 0 N–H and O–H groups in total. The van der Waals surface area contributed by atoms with Gasteiger partial charge in [-0.3, -0.25) is 4.90 Å². The van der Waals surface area contributed by atoms with Crippen LogP contribution in [-0.2, 0) is 0 Å². The lowest BCUT2D eigenvalue weighted by Crippen LogP contribution is -2.36. The molecular weight excluding hydrogens is 375 g/mol. The first-order chi connectivity index (χ1) is 12.3. The van der Waals surface area contributed by atoms with E-state index in [0.717, 1.165) is 31.9 Å². The quantitative estimate of drug-likeness (QED) is 0.577. The van der Waals surface area contributed by atoms with Crippen molar-refractivity contribution in [2.75, 3.05) is 49.9 Å². The minimum absolute atomic E-state index is 0.622. The molecule has 134 valence electrons. The monoisotopic (exact) mass is 396 g/mol. The van der Waals surface area contributed by atoms with Gasteiger partial charge in [-0.1, -0.05) is 23.9 Å². The third-order valence-corrected chi connectivity index (χ3v) is 5.73. The summed E-state index contributed by atoms with van der Waals surface area (Å²) in [5, 5.41) is 0. The fraction of sp³-hybridized carbons (Fsp3) is 0.368. The molecule has 0 radical (unpaired) electrons. The van der Waals surface area contributed by atoms with Gasteiger partial charge in [-0.2, -0.15) is 0 Å². The fourth-order valence-electron chi connectivity index (χ4n) is 3.00. The van der Waals surface area contributed by atoms with E-state index < -0.39 is 0 Å². The molecule has 0 bridgehead atoms. The number of nitrogens with zero attached hydrogens (tertiary/aromatic N) is 2. The largest absolute Gasteiger partial charge is 0.497 e. The number of hydrogen-bond donors (Lipinski definition) is 0. The summed E-state index contributed by atoms with van der Waals surface area (Å²) in [6.45, 7) is 3.52. The average molecular weight is 397 g/mol. The normalized spacial score (nSPS) is 12.9. The summed E-state index contributed by atoms with van der Waals surface area (Å²) >= 11 is 13.7. The third kappa shape index (κ3) is 4.37. The van der Waals surface area contributed by atoms with Crippen LogP contribution in [0.2, 0.25) is 0 Å². The maximum atomic E-state index is 5.93. The number of benzene rings is 2. The van der Waals surface area contributed by atoms with Crippen molar-refractivity contribution in [3.63, 3.8) is 0 Å². The van der Waals surface area contributed by atoms with E-state index in [9.17, 15) is 0 Å². The molecule has 1 aliphatic heterocycles. The molecule has 3 nitrogen and oxygen atoms in total. The van der Waals surface area contributed by atoms with E-state index in [1.54, 1.807) is 18.9 Å². The van der Waals surface area contributed by atoms with Crippen molar-refractivity contribution in [2.24, 2.45) is 0 Å². The number of anilines is 2. The highest BCUT2D eigenvalue weighted by atomic mass is 35.5. The maximum absolute atomic E-state index is 5.93. The van der Waals surface area contributed by atoms with E-state index in [1.165, 1.54) is 21.2 Å². The van der Waals surface area contributed by atoms with E-state index in [4.69, 9.17) is 27.9 Å². The number of fused-ring (bicyclic) bond motifs is 2. The fourth-order valence-corrected chi connectivity index (χ4v) is 4.60. The van der Waals surface area contributed by atoms with Crippen LogP contribution in [0.1, 0.15) is 0 Å². The summed E-state index contributed by atoms with van der Waals surface area (Å²) in [5.41, 5.74) is 2.48. The highest BCUT2D eigenvalue weighted by Crippen LogP contribution is 2.48. The molecule has 0 aromatic heterocycles. The second-order valence-corrected chi connectivity index (χ2v) is 7.61. The van der Waals surface area contributed by atoms with Gasteiger partial charge in [0.1, 0.15) is 5.75 Å². The number of methoxy groups -OCH3 is 1. The van der Waals surface area contributed by atoms with E-state index >= 15 is 0 Å². The lowest BCUT2D eigenvalue weighted by Gasteiger charge is -2.34. The SMILES string of the molecule is COc1ccc2c(c1)Sc1ccccc1N2CCN(CCCl)CCCl. The summed E-state index contributed by atoms with van der Waals surface area (Å²) in [5.74, 6) is 2.13. The minimum Gasteiger partial charge on any atom is -0.497 e. The topological polar surface area (TPSA) is 15.7 Å². The Morgan fingerprint density at radius 3 is 2.40 bits per heavy atom. The molecule has 1 heterocycles. The van der Waals surface area contributed by atoms with Gasteiger partial charge in [0.05, 0.1) is 18.5 Å². The van der Waals surface area contributed by atoms with E-state index in [0.29, 0.717) is 11.8 Å². The van der Waals surface area contributed by atoms with Crippen molar-refractivity contribution in [1.29, 1.82) is 0 Å². The molecule has 2 aromatic rings. The van der Waals surface area contributed by atoms with Crippen LogP contribution in [0.5, 0.6) is 5.75 Å². The van der Waals surface area contributed by atoms with Crippen molar-refractivity contribution in [1.82, 2.24) is 4.90 Å². The number of para-hydroxylation sites is 1. The zero-order valence-corrected chi connectivity index (χ0v) is 16.6. The zero-order valence-electron chi connectivity index (χ0n) is 14.3. The van der Waals surface area contributed by atoms with Crippen LogP contribution in [0, 0.1) is 0 Å². The first-order valence-corrected chi connectivity index (χ1v) is 10.2. The molecule has 0 saturated heterocycles. The van der Waals surface area contributed by atoms with Crippen LogP contribution in [0.3, 0.4) is 0 Å². The Kier molecular flexibility index (Phi) is 6.77.